The van der Waals surface area contributed by atoms with Gasteiger partial charge >= 0.3 is 0 Å². The van der Waals surface area contributed by atoms with Crippen molar-refractivity contribution in [3.8, 4) is 22.5 Å². The molecule has 87 heavy (non-hydrogen) atoms. The molecule has 0 bridgehead atoms. The average molecular weight is 1190 g/mol. The summed E-state index contributed by atoms with van der Waals surface area (Å²) in [6.07, 6.45) is 20.1. The molecule has 5 N–H and O–H groups in total. The van der Waals surface area contributed by atoms with Gasteiger partial charge in [-0.3, -0.25) is 19.9 Å². The van der Waals surface area contributed by atoms with Gasteiger partial charge in [-0.15, -0.1) is 0 Å². The smallest absolute Gasteiger partial charge is 0.157 e. The molecule has 13 rings (SSSR count). The van der Waals surface area contributed by atoms with E-state index in [1.54, 1.807) is 36.9 Å². The first-order valence-corrected chi connectivity index (χ1v) is 30.0. The first-order valence-electron chi connectivity index (χ1n) is 28.3. The average Bonchev–Trinajstić information content (AvgIpc) is 1.77. The summed E-state index contributed by atoms with van der Waals surface area (Å²) in [5, 5.41) is 15.3. The fourth-order valence-corrected chi connectivity index (χ4v) is 12.1. The van der Waals surface area contributed by atoms with Crippen LogP contribution in [0, 0.1) is 11.6 Å². The Morgan fingerprint density at radius 1 is 0.460 bits per heavy atom. The molecule has 10 heterocycles. The molecule has 0 saturated heterocycles. The zero-order valence-corrected chi connectivity index (χ0v) is 48.6. The van der Waals surface area contributed by atoms with Crippen LogP contribution in [0.4, 0.5) is 20.4 Å². The minimum Gasteiger partial charge on any atom is -0.362 e. The third-order valence-electron chi connectivity index (χ3n) is 14.4. The molecule has 3 aromatic carbocycles. The van der Waals surface area contributed by atoms with Gasteiger partial charge in [-0.1, -0.05) is 114 Å². The summed E-state index contributed by atoms with van der Waals surface area (Å²) >= 11 is 3.07. The van der Waals surface area contributed by atoms with E-state index < -0.39 is 5.54 Å². The monoisotopic (exact) mass is 1190 g/mol. The van der Waals surface area contributed by atoms with Crippen LogP contribution in [-0.2, 0) is 44.3 Å². The van der Waals surface area contributed by atoms with Crippen molar-refractivity contribution in [3.05, 3.63) is 263 Å². The van der Waals surface area contributed by atoms with E-state index in [0.717, 1.165) is 96.5 Å². The number of hydrogen-bond donors (Lipinski definition) is 5. The Morgan fingerprint density at radius 3 is 1.45 bits per heavy atom. The van der Waals surface area contributed by atoms with Crippen LogP contribution >= 0.6 is 22.7 Å². The van der Waals surface area contributed by atoms with E-state index in [9.17, 15) is 8.78 Å². The molecule has 0 aliphatic heterocycles. The highest BCUT2D eigenvalue weighted by molar-refractivity contribution is 7.18. The van der Waals surface area contributed by atoms with E-state index in [-0.39, 0.29) is 24.7 Å². The van der Waals surface area contributed by atoms with E-state index >= 15 is 0 Å². The first-order chi connectivity index (χ1) is 43.0. The number of halogens is 2. The lowest BCUT2D eigenvalue weighted by atomic mass is 9.76. The molecule has 0 saturated carbocycles. The zero-order valence-electron chi connectivity index (χ0n) is 47.0. The van der Waals surface area contributed by atoms with Crippen LogP contribution in [0.1, 0.15) is 49.7 Å². The summed E-state index contributed by atoms with van der Waals surface area (Å²) in [6.45, 7) is 3.43. The highest BCUT2D eigenvalue weighted by atomic mass is 32.1. The number of thiazole rings is 2. The number of fused-ring (bicyclic) bond motifs is 2. The van der Waals surface area contributed by atoms with Crippen LogP contribution in [0.2, 0.25) is 0 Å². The van der Waals surface area contributed by atoms with Gasteiger partial charge in [-0.2, -0.15) is 0 Å². The highest BCUT2D eigenvalue weighted by Crippen LogP contribution is 2.44. The Labute approximate surface area is 507 Å². The first kappa shape index (κ1) is 57.4. The third-order valence-corrected chi connectivity index (χ3v) is 16.5. The van der Waals surface area contributed by atoms with E-state index in [1.807, 2.05) is 49.1 Å². The number of nitrogens with one attached hydrogen (secondary N) is 5. The van der Waals surface area contributed by atoms with E-state index in [2.05, 4.69) is 167 Å². The number of aromatic amines is 1. The van der Waals surface area contributed by atoms with Crippen LogP contribution in [0.15, 0.2) is 202 Å². The van der Waals surface area contributed by atoms with Gasteiger partial charge in [-0.05, 0) is 65.2 Å². The van der Waals surface area contributed by atoms with Crippen molar-refractivity contribution in [1.29, 1.82) is 0 Å². The second-order valence-electron chi connectivity index (χ2n) is 20.0. The maximum Gasteiger partial charge on any atom is 0.157 e. The number of imidazole rings is 2. The number of aromatic nitrogens is 14. The number of hydrogen-bond acceptors (Lipinski definition) is 18. The lowest BCUT2D eigenvalue weighted by Crippen LogP contribution is -2.40. The third kappa shape index (κ3) is 13.4. The standard InChI is InChI=1S/C42H36FN9S.C23H22FN9S/c43-34-17-10-22-46-35(34)27-48-40-39-41(50-29-49-40)53-38(51-39)21-26-45-25-20-37-47-28-36(30-18-23-44-24-19-30)52(37)42(31-11-4-1-5-12-31,32-13-6-2-7-14-32)33-15-8-3-9-16-33;24-16-2-1-7-27-18(16)13-29-22-21-23(31-14-30-22)34-20(33-21)6-11-26-10-5-19-28-12-17(32-19)15-3-8-25-9-4-15/h1-19,22-24,28-29,45H,20-21,25-27H2,(H,48,49,50);1-4,7-9,12,14,26H,5-6,10-11,13H2,(H,28,32)(H,29,30,31). The molecule has 0 aliphatic rings. The molecule has 0 spiro atoms. The summed E-state index contributed by atoms with van der Waals surface area (Å²) < 4.78 is 30.4. The molecule has 0 aliphatic carbocycles. The van der Waals surface area contributed by atoms with Crippen LogP contribution in [-0.4, -0.2) is 95.5 Å². The lowest BCUT2D eigenvalue weighted by Gasteiger charge is -2.40. The quantitative estimate of drug-likeness (QED) is 0.0280. The normalized spacial score (nSPS) is 11.4. The molecule has 0 amide bonds. The number of rotatable bonds is 24. The van der Waals surface area contributed by atoms with Crippen LogP contribution in [0.5, 0.6) is 0 Å². The van der Waals surface area contributed by atoms with E-state index in [1.165, 1.54) is 47.5 Å². The molecule has 18 nitrogen and oxygen atoms in total. The summed E-state index contributed by atoms with van der Waals surface area (Å²) in [4.78, 5) is 58.0. The molecule has 22 heteroatoms. The van der Waals surface area contributed by atoms with Gasteiger partial charge in [0.25, 0.3) is 0 Å². The van der Waals surface area contributed by atoms with Crippen molar-refractivity contribution >= 4 is 55.0 Å². The maximum atomic E-state index is 14.2. The number of H-pyrrole nitrogens is 1. The van der Waals surface area contributed by atoms with Crippen LogP contribution in [0.3, 0.4) is 0 Å². The lowest BCUT2D eigenvalue weighted by molar-refractivity contribution is 0.492. The van der Waals surface area contributed by atoms with Crippen molar-refractivity contribution in [2.45, 2.75) is 44.3 Å². The topological polar surface area (TPSA) is 224 Å². The minimum atomic E-state index is -0.718. The minimum absolute atomic E-state index is 0.200. The molecule has 0 fully saturated rings. The molecule has 10 aromatic heterocycles. The van der Waals surface area contributed by atoms with Crippen LogP contribution < -0.4 is 21.3 Å². The van der Waals surface area contributed by atoms with Crippen molar-refractivity contribution < 1.29 is 8.78 Å². The van der Waals surface area contributed by atoms with Crippen molar-refractivity contribution in [1.82, 2.24) is 80.0 Å². The van der Waals surface area contributed by atoms with Gasteiger partial charge < -0.3 is 30.8 Å². The fraction of sp³-hybridized carbons (Fsp3) is 0.169. The Bertz CT molecular complexity index is 4210. The zero-order chi connectivity index (χ0) is 59.0. The Morgan fingerprint density at radius 2 is 0.943 bits per heavy atom. The highest BCUT2D eigenvalue weighted by Gasteiger charge is 2.41. The number of pyridine rings is 4. The molecular formula is C65H58F2N18S2. The maximum absolute atomic E-state index is 14.2. The molecule has 13 aromatic rings. The Hall–Kier alpha value is -10.0. The van der Waals surface area contributed by atoms with Gasteiger partial charge in [0.15, 0.2) is 11.6 Å². The predicted molar refractivity (Wildman–Crippen MR) is 336 cm³/mol. The van der Waals surface area contributed by atoms with Crippen LogP contribution in [0.25, 0.3) is 43.2 Å². The molecule has 434 valence electrons. The molecule has 0 atom stereocenters. The second-order valence-corrected chi connectivity index (χ2v) is 22.1. The van der Waals surface area contributed by atoms with Crippen molar-refractivity contribution in [2.75, 3.05) is 36.8 Å². The second kappa shape index (κ2) is 27.8. The van der Waals surface area contributed by atoms with E-state index in [0.29, 0.717) is 60.0 Å². The predicted octanol–water partition coefficient (Wildman–Crippen LogP) is 11.1. The Balaban J connectivity index is 0.000000187. The van der Waals surface area contributed by atoms with Gasteiger partial charge in [0.2, 0.25) is 0 Å². The van der Waals surface area contributed by atoms with Crippen molar-refractivity contribution in [3.63, 3.8) is 0 Å². The molecule has 0 unspecified atom stereocenters. The van der Waals surface area contributed by atoms with E-state index in [4.69, 9.17) is 15.0 Å². The Kier molecular flexibility index (Phi) is 18.4. The molecular weight excluding hydrogens is 1130 g/mol. The SMILES string of the molecule is Fc1cccnc1CNc1ncnc2sc(CCNCCc3ncc(-c4ccncc4)[nH]3)nc12.Fc1cccnc1CNc1ncnc2sc(CCNCCc3ncc(-c4ccncc4)n3C(c3ccccc3)(c3ccccc3)c3ccccc3)nc12. The summed E-state index contributed by atoms with van der Waals surface area (Å²) in [7, 11) is 0. The number of benzene rings is 3. The largest absolute Gasteiger partial charge is 0.362 e. The van der Waals surface area contributed by atoms with Gasteiger partial charge in [0.05, 0.1) is 58.3 Å². The van der Waals surface area contributed by atoms with Gasteiger partial charge in [0.1, 0.15) is 62.2 Å². The van der Waals surface area contributed by atoms with Gasteiger partial charge in [0, 0.05) is 100 Å². The summed E-state index contributed by atoms with van der Waals surface area (Å²) in [5.41, 5.74) is 8.81. The summed E-state index contributed by atoms with van der Waals surface area (Å²) in [5.74, 6) is 2.32. The molecule has 0 radical (unpaired) electrons. The van der Waals surface area contributed by atoms with Crippen molar-refractivity contribution in [2.24, 2.45) is 0 Å². The number of nitrogens with zero attached hydrogens (tertiary/aromatic N) is 13. The fourth-order valence-electron chi connectivity index (χ4n) is 10.3. The number of anilines is 2. The summed E-state index contributed by atoms with van der Waals surface area (Å²) in [6, 6.07) is 46.0. The van der Waals surface area contributed by atoms with Gasteiger partial charge in [-0.25, -0.2) is 48.7 Å².